The normalized spacial score (nSPS) is 15.6. The second kappa shape index (κ2) is 15.2. The molecule has 33 heavy (non-hydrogen) atoms. The molecule has 0 radical (unpaired) electrons. The summed E-state index contributed by atoms with van der Waals surface area (Å²) in [4.78, 5) is 61.0. The zero-order valence-corrected chi connectivity index (χ0v) is 19.9. The molecule has 5 atom stereocenters. The average molecular weight is 473 g/mol. The summed E-state index contributed by atoms with van der Waals surface area (Å²) < 4.78 is 0. The Kier molecular flexibility index (Phi) is 13.9. The lowest BCUT2D eigenvalue weighted by Crippen LogP contribution is -2.58. The predicted octanol–water partition coefficient (Wildman–Crippen LogP) is -1.44. The Balaban J connectivity index is 5.55. The molecular weight excluding hydrogens is 432 g/mol. The maximum Gasteiger partial charge on any atom is 0.326 e. The highest BCUT2D eigenvalue weighted by atomic mass is 16.4. The van der Waals surface area contributed by atoms with Crippen LogP contribution in [0.5, 0.6) is 0 Å². The molecule has 0 heterocycles. The molecule has 0 aliphatic carbocycles. The molecule has 0 aliphatic heterocycles. The third kappa shape index (κ3) is 11.1. The molecule has 0 fully saturated rings. The first-order valence-corrected chi connectivity index (χ1v) is 11.2. The number of carboxylic acids is 1. The van der Waals surface area contributed by atoms with Gasteiger partial charge in [-0.1, -0.05) is 34.1 Å². The lowest BCUT2D eigenvalue weighted by atomic mass is 9.98. The molecule has 0 aromatic carbocycles. The van der Waals surface area contributed by atoms with Crippen LogP contribution in [0.15, 0.2) is 0 Å². The van der Waals surface area contributed by atoms with Crippen molar-refractivity contribution in [2.24, 2.45) is 29.0 Å². The number of hydrogen-bond acceptors (Lipinski definition) is 7. The Morgan fingerprint density at radius 1 is 0.879 bits per heavy atom. The van der Waals surface area contributed by atoms with Gasteiger partial charge in [-0.15, -0.1) is 0 Å². The number of hydrogen-bond donors (Lipinski definition) is 7. The number of carbonyl (C=O) groups is 5. The van der Waals surface area contributed by atoms with Crippen molar-refractivity contribution < 1.29 is 29.1 Å². The summed E-state index contributed by atoms with van der Waals surface area (Å²) in [6, 6.07) is -4.49. The van der Waals surface area contributed by atoms with Crippen LogP contribution in [0.1, 0.15) is 59.8 Å². The summed E-state index contributed by atoms with van der Waals surface area (Å²) in [5.41, 5.74) is 16.7. The van der Waals surface area contributed by atoms with Crippen molar-refractivity contribution in [1.29, 1.82) is 0 Å². The van der Waals surface area contributed by atoms with Crippen molar-refractivity contribution in [3.05, 3.63) is 0 Å². The summed E-state index contributed by atoms with van der Waals surface area (Å²) in [6.07, 6.45) is 1.49. The van der Waals surface area contributed by atoms with Gasteiger partial charge in [0.05, 0.1) is 12.5 Å². The van der Waals surface area contributed by atoms with Gasteiger partial charge >= 0.3 is 5.97 Å². The third-order valence-electron chi connectivity index (χ3n) is 5.41. The van der Waals surface area contributed by atoms with Crippen LogP contribution in [0.25, 0.3) is 0 Å². The number of amides is 4. The molecule has 4 amide bonds. The van der Waals surface area contributed by atoms with Gasteiger partial charge in [0.2, 0.25) is 23.6 Å². The summed E-state index contributed by atoms with van der Waals surface area (Å²) in [6.45, 7) is 7.30. The number of rotatable bonds is 16. The van der Waals surface area contributed by atoms with Gasteiger partial charge in [-0.3, -0.25) is 19.2 Å². The van der Waals surface area contributed by atoms with E-state index in [1.54, 1.807) is 13.8 Å². The van der Waals surface area contributed by atoms with Crippen molar-refractivity contribution in [3.63, 3.8) is 0 Å². The van der Waals surface area contributed by atoms with E-state index < -0.39 is 66.1 Å². The minimum atomic E-state index is -1.41. The standard InChI is InChI=1S/C21H40N6O6/c1-5-12(4)16(24)20(31)25-13(8-6-7-9-22)18(29)26-14(10-15(23)28)19(30)27-17(11(2)3)21(32)33/h11-14,16-17H,5-10,22,24H2,1-4H3,(H2,23,28)(H,25,31)(H,26,29)(H,27,30)(H,32,33). The second-order valence-electron chi connectivity index (χ2n) is 8.56. The molecule has 0 saturated heterocycles. The van der Waals surface area contributed by atoms with Crippen molar-refractivity contribution in [1.82, 2.24) is 16.0 Å². The van der Waals surface area contributed by atoms with Gasteiger partial charge in [-0.05, 0) is 37.6 Å². The molecule has 0 saturated carbocycles. The van der Waals surface area contributed by atoms with Gasteiger partial charge in [0.25, 0.3) is 0 Å². The molecule has 0 aliphatic rings. The van der Waals surface area contributed by atoms with Gasteiger partial charge in [0.15, 0.2) is 0 Å². The minimum Gasteiger partial charge on any atom is -0.480 e. The number of primary amides is 1. The highest BCUT2D eigenvalue weighted by Gasteiger charge is 2.32. The van der Waals surface area contributed by atoms with E-state index >= 15 is 0 Å². The Hall–Kier alpha value is -2.73. The van der Waals surface area contributed by atoms with Crippen molar-refractivity contribution in [2.45, 2.75) is 84.0 Å². The fraction of sp³-hybridized carbons (Fsp3) is 0.762. The zero-order valence-electron chi connectivity index (χ0n) is 19.9. The first kappa shape index (κ1) is 30.3. The van der Waals surface area contributed by atoms with E-state index in [1.165, 1.54) is 0 Å². The summed E-state index contributed by atoms with van der Waals surface area (Å²) in [7, 11) is 0. The molecule has 0 bridgehead atoms. The van der Waals surface area contributed by atoms with Crippen LogP contribution in [0.4, 0.5) is 0 Å². The SMILES string of the molecule is CCC(C)C(N)C(=O)NC(CCCCN)C(=O)NC(CC(N)=O)C(=O)NC(C(=O)O)C(C)C. The van der Waals surface area contributed by atoms with Crippen molar-refractivity contribution in [2.75, 3.05) is 6.54 Å². The lowest BCUT2D eigenvalue weighted by molar-refractivity contribution is -0.143. The first-order chi connectivity index (χ1) is 15.3. The molecule has 190 valence electrons. The molecule has 0 aromatic rings. The Bertz CT molecular complexity index is 686. The molecule has 0 rings (SSSR count). The van der Waals surface area contributed by atoms with Gasteiger partial charge in [-0.2, -0.15) is 0 Å². The van der Waals surface area contributed by atoms with Gasteiger partial charge in [0.1, 0.15) is 18.1 Å². The smallest absolute Gasteiger partial charge is 0.326 e. The van der Waals surface area contributed by atoms with Crippen LogP contribution in [0.2, 0.25) is 0 Å². The molecule has 5 unspecified atom stereocenters. The van der Waals surface area contributed by atoms with Gasteiger partial charge < -0.3 is 38.3 Å². The van der Waals surface area contributed by atoms with Crippen LogP contribution in [0.3, 0.4) is 0 Å². The largest absolute Gasteiger partial charge is 0.480 e. The Morgan fingerprint density at radius 2 is 1.42 bits per heavy atom. The molecule has 12 heteroatoms. The quantitative estimate of drug-likeness (QED) is 0.131. The minimum absolute atomic E-state index is 0.116. The van der Waals surface area contributed by atoms with E-state index in [0.29, 0.717) is 25.8 Å². The van der Waals surface area contributed by atoms with Gasteiger partial charge in [0, 0.05) is 0 Å². The number of nitrogens with one attached hydrogen (secondary N) is 3. The molecule has 0 spiro atoms. The summed E-state index contributed by atoms with van der Waals surface area (Å²) in [5, 5.41) is 16.6. The van der Waals surface area contributed by atoms with Crippen molar-refractivity contribution >= 4 is 29.6 Å². The van der Waals surface area contributed by atoms with E-state index in [4.69, 9.17) is 17.2 Å². The topological polar surface area (TPSA) is 220 Å². The number of carbonyl (C=O) groups excluding carboxylic acids is 4. The fourth-order valence-electron chi connectivity index (χ4n) is 2.99. The highest BCUT2D eigenvalue weighted by Crippen LogP contribution is 2.09. The van der Waals surface area contributed by atoms with Crippen LogP contribution in [-0.2, 0) is 24.0 Å². The Morgan fingerprint density at radius 3 is 1.88 bits per heavy atom. The van der Waals surface area contributed by atoms with Crippen LogP contribution in [0, 0.1) is 11.8 Å². The first-order valence-electron chi connectivity index (χ1n) is 11.2. The molecule has 0 aromatic heterocycles. The molecule has 12 nitrogen and oxygen atoms in total. The van der Waals surface area contributed by atoms with Crippen LogP contribution < -0.4 is 33.2 Å². The van der Waals surface area contributed by atoms with Crippen LogP contribution in [-0.4, -0.2) is 65.4 Å². The number of unbranched alkanes of at least 4 members (excludes halogenated alkanes) is 1. The van der Waals surface area contributed by atoms with E-state index in [0.717, 1.165) is 0 Å². The monoisotopic (exact) mass is 472 g/mol. The van der Waals surface area contributed by atoms with Crippen molar-refractivity contribution in [3.8, 4) is 0 Å². The number of nitrogens with two attached hydrogens (primary N) is 3. The predicted molar refractivity (Wildman–Crippen MR) is 122 cm³/mol. The average Bonchev–Trinajstić information content (AvgIpc) is 2.73. The maximum absolute atomic E-state index is 12.9. The van der Waals surface area contributed by atoms with E-state index in [2.05, 4.69) is 16.0 Å². The molecule has 10 N–H and O–H groups in total. The highest BCUT2D eigenvalue weighted by molar-refractivity contribution is 5.96. The lowest BCUT2D eigenvalue weighted by Gasteiger charge is -2.26. The number of carboxylic acid groups (broad SMARTS) is 1. The third-order valence-corrected chi connectivity index (χ3v) is 5.41. The van der Waals surface area contributed by atoms with E-state index in [1.807, 2.05) is 13.8 Å². The van der Waals surface area contributed by atoms with Crippen LogP contribution >= 0.6 is 0 Å². The van der Waals surface area contributed by atoms with E-state index in [-0.39, 0.29) is 12.3 Å². The van der Waals surface area contributed by atoms with E-state index in [9.17, 15) is 29.1 Å². The fourth-order valence-corrected chi connectivity index (χ4v) is 2.99. The Labute approximate surface area is 194 Å². The number of aliphatic carboxylic acids is 1. The zero-order chi connectivity index (χ0) is 25.7. The maximum atomic E-state index is 12.9. The summed E-state index contributed by atoms with van der Waals surface area (Å²) in [5.74, 6) is -4.78. The van der Waals surface area contributed by atoms with Gasteiger partial charge in [-0.25, -0.2) is 4.79 Å². The second-order valence-corrected chi connectivity index (χ2v) is 8.56. The summed E-state index contributed by atoms with van der Waals surface area (Å²) >= 11 is 0. The molecular formula is C21H40N6O6.